The van der Waals surface area contributed by atoms with Gasteiger partial charge >= 0.3 is 6.03 Å². The third-order valence-corrected chi connectivity index (χ3v) is 4.13. The van der Waals surface area contributed by atoms with Crippen molar-refractivity contribution in [2.75, 3.05) is 39.5 Å². The Hall–Kier alpha value is -1.59. The molecule has 3 rings (SSSR count). The van der Waals surface area contributed by atoms with Gasteiger partial charge in [0.15, 0.2) is 0 Å². The summed E-state index contributed by atoms with van der Waals surface area (Å²) in [6, 6.07) is 10.3. The maximum Gasteiger partial charge on any atom is 0.320 e. The summed E-state index contributed by atoms with van der Waals surface area (Å²) in [5.41, 5.74) is 1.13. The fraction of sp³-hybridized carbons (Fsp3) is 0.562. The number of rotatable bonds is 1. The smallest absolute Gasteiger partial charge is 0.320 e. The van der Waals surface area contributed by atoms with Crippen LogP contribution in [0.5, 0.6) is 0 Å². The summed E-state index contributed by atoms with van der Waals surface area (Å²) in [6.07, 6.45) is -0.0348. The molecule has 1 aromatic rings. The zero-order valence-electron chi connectivity index (χ0n) is 12.4. The Balaban J connectivity index is 1.69. The van der Waals surface area contributed by atoms with E-state index in [0.29, 0.717) is 39.5 Å². The number of urea groups is 1. The fourth-order valence-electron chi connectivity index (χ4n) is 2.83. The largest absolute Gasteiger partial charge is 0.378 e. The van der Waals surface area contributed by atoms with Gasteiger partial charge in [0.2, 0.25) is 0 Å². The summed E-state index contributed by atoms with van der Waals surface area (Å²) in [7, 11) is 0. The Morgan fingerprint density at radius 3 is 2.62 bits per heavy atom. The average Bonchev–Trinajstić information content (AvgIpc) is 2.56. The molecular formula is C16H22N2O3. The Morgan fingerprint density at radius 2 is 1.90 bits per heavy atom. The second kappa shape index (κ2) is 6.45. The van der Waals surface area contributed by atoms with Crippen molar-refractivity contribution in [1.82, 2.24) is 9.80 Å². The first-order valence-electron chi connectivity index (χ1n) is 7.55. The van der Waals surface area contributed by atoms with Gasteiger partial charge in [0.25, 0.3) is 0 Å². The van der Waals surface area contributed by atoms with Gasteiger partial charge in [0, 0.05) is 13.1 Å². The van der Waals surface area contributed by atoms with Crippen molar-refractivity contribution < 1.29 is 14.3 Å². The van der Waals surface area contributed by atoms with Crippen molar-refractivity contribution in [1.29, 1.82) is 0 Å². The zero-order chi connectivity index (χ0) is 14.7. The molecule has 2 unspecified atom stereocenters. The molecule has 0 aliphatic carbocycles. The summed E-state index contributed by atoms with van der Waals surface area (Å²) >= 11 is 0. The van der Waals surface area contributed by atoms with E-state index in [1.807, 2.05) is 34.9 Å². The Bertz CT molecular complexity index is 474. The molecule has 2 heterocycles. The third kappa shape index (κ3) is 3.19. The van der Waals surface area contributed by atoms with E-state index in [1.54, 1.807) is 0 Å². The lowest BCUT2D eigenvalue weighted by Gasteiger charge is -2.41. The molecule has 5 heteroatoms. The summed E-state index contributed by atoms with van der Waals surface area (Å²) in [4.78, 5) is 16.5. The molecule has 2 aliphatic rings. The highest BCUT2D eigenvalue weighted by molar-refractivity contribution is 5.75. The maximum absolute atomic E-state index is 12.7. The number of amides is 2. The molecule has 114 valence electrons. The molecule has 2 atom stereocenters. The quantitative estimate of drug-likeness (QED) is 0.793. The molecule has 2 fully saturated rings. The highest BCUT2D eigenvalue weighted by Gasteiger charge is 2.33. The summed E-state index contributed by atoms with van der Waals surface area (Å²) in [5.74, 6) is 0. The van der Waals surface area contributed by atoms with Crippen molar-refractivity contribution in [2.45, 2.75) is 19.1 Å². The monoisotopic (exact) mass is 290 g/mol. The Morgan fingerprint density at radius 1 is 1.19 bits per heavy atom. The first kappa shape index (κ1) is 14.4. The zero-order valence-corrected chi connectivity index (χ0v) is 12.4. The predicted octanol–water partition coefficient (Wildman–Crippen LogP) is 1.90. The molecule has 2 amide bonds. The van der Waals surface area contributed by atoms with Gasteiger partial charge in [0.1, 0.15) is 6.10 Å². The molecule has 2 saturated heterocycles. The van der Waals surface area contributed by atoms with Gasteiger partial charge in [-0.1, -0.05) is 30.3 Å². The lowest BCUT2D eigenvalue weighted by molar-refractivity contribution is -0.0520. The molecule has 5 nitrogen and oxygen atoms in total. The van der Waals surface area contributed by atoms with Crippen molar-refractivity contribution in [3.05, 3.63) is 35.9 Å². The molecule has 2 aliphatic heterocycles. The van der Waals surface area contributed by atoms with Crippen LogP contribution in [0.1, 0.15) is 18.6 Å². The van der Waals surface area contributed by atoms with E-state index in [0.717, 1.165) is 5.56 Å². The van der Waals surface area contributed by atoms with E-state index < -0.39 is 0 Å². The highest BCUT2D eigenvalue weighted by Crippen LogP contribution is 2.25. The van der Waals surface area contributed by atoms with Crippen molar-refractivity contribution in [3.63, 3.8) is 0 Å². The third-order valence-electron chi connectivity index (χ3n) is 4.13. The minimum Gasteiger partial charge on any atom is -0.378 e. The number of carbonyl (C=O) groups excluding carboxylic acids is 1. The number of hydrogen-bond acceptors (Lipinski definition) is 3. The van der Waals surface area contributed by atoms with Crippen LogP contribution in [0.4, 0.5) is 4.79 Å². The second-order valence-corrected chi connectivity index (χ2v) is 5.62. The van der Waals surface area contributed by atoms with Crippen LogP contribution >= 0.6 is 0 Å². The topological polar surface area (TPSA) is 42.0 Å². The van der Waals surface area contributed by atoms with Crippen LogP contribution in [0.15, 0.2) is 30.3 Å². The van der Waals surface area contributed by atoms with E-state index in [2.05, 4.69) is 12.1 Å². The molecule has 0 saturated carbocycles. The van der Waals surface area contributed by atoms with Gasteiger partial charge in [-0.3, -0.25) is 0 Å². The van der Waals surface area contributed by atoms with Crippen molar-refractivity contribution >= 4 is 6.03 Å². The average molecular weight is 290 g/mol. The number of ether oxygens (including phenoxy) is 2. The van der Waals surface area contributed by atoms with Crippen LogP contribution in [-0.2, 0) is 9.47 Å². The molecule has 0 aromatic heterocycles. The summed E-state index contributed by atoms with van der Waals surface area (Å²) < 4.78 is 11.2. The van der Waals surface area contributed by atoms with Gasteiger partial charge < -0.3 is 19.3 Å². The number of benzene rings is 1. The Kier molecular flexibility index (Phi) is 4.41. The number of hydrogen-bond donors (Lipinski definition) is 0. The van der Waals surface area contributed by atoms with Crippen LogP contribution < -0.4 is 0 Å². The molecule has 0 spiro atoms. The van der Waals surface area contributed by atoms with E-state index in [-0.39, 0.29) is 18.2 Å². The normalized spacial score (nSPS) is 26.7. The van der Waals surface area contributed by atoms with E-state index in [9.17, 15) is 4.79 Å². The fourth-order valence-corrected chi connectivity index (χ4v) is 2.83. The predicted molar refractivity (Wildman–Crippen MR) is 79.1 cm³/mol. The van der Waals surface area contributed by atoms with Gasteiger partial charge in [-0.25, -0.2) is 4.79 Å². The van der Waals surface area contributed by atoms with Gasteiger partial charge in [-0.15, -0.1) is 0 Å². The standard InChI is InChI=1S/C16H22N2O3/c1-13-12-21-15(14-5-3-2-4-6-14)11-18(13)16(19)17-7-9-20-10-8-17/h2-6,13,15H,7-12H2,1H3. The lowest BCUT2D eigenvalue weighted by Crippen LogP contribution is -2.55. The number of nitrogens with zero attached hydrogens (tertiary/aromatic N) is 2. The summed E-state index contributed by atoms with van der Waals surface area (Å²) in [5, 5.41) is 0. The number of carbonyl (C=O) groups is 1. The highest BCUT2D eigenvalue weighted by atomic mass is 16.5. The van der Waals surface area contributed by atoms with Gasteiger partial charge in [-0.05, 0) is 12.5 Å². The minimum absolute atomic E-state index is 0.0348. The van der Waals surface area contributed by atoms with E-state index in [4.69, 9.17) is 9.47 Å². The molecule has 21 heavy (non-hydrogen) atoms. The Labute approximate surface area is 125 Å². The minimum atomic E-state index is -0.0348. The number of morpholine rings is 2. The SMILES string of the molecule is CC1COC(c2ccccc2)CN1C(=O)N1CCOCC1. The van der Waals surface area contributed by atoms with E-state index >= 15 is 0 Å². The van der Waals surface area contributed by atoms with Crippen LogP contribution in [0.25, 0.3) is 0 Å². The van der Waals surface area contributed by atoms with Gasteiger partial charge in [0.05, 0.1) is 32.4 Å². The molecule has 0 bridgehead atoms. The maximum atomic E-state index is 12.7. The van der Waals surface area contributed by atoms with Crippen LogP contribution in [0.2, 0.25) is 0 Å². The summed E-state index contributed by atoms with van der Waals surface area (Å²) in [6.45, 7) is 5.85. The van der Waals surface area contributed by atoms with Crippen molar-refractivity contribution in [3.8, 4) is 0 Å². The van der Waals surface area contributed by atoms with Crippen LogP contribution in [0.3, 0.4) is 0 Å². The first-order valence-corrected chi connectivity index (χ1v) is 7.55. The van der Waals surface area contributed by atoms with Crippen LogP contribution in [-0.4, -0.2) is 61.3 Å². The lowest BCUT2D eigenvalue weighted by atomic mass is 10.1. The first-order chi connectivity index (χ1) is 10.3. The second-order valence-electron chi connectivity index (χ2n) is 5.62. The molecule has 0 N–H and O–H groups in total. The van der Waals surface area contributed by atoms with Crippen molar-refractivity contribution in [2.24, 2.45) is 0 Å². The molecule has 0 radical (unpaired) electrons. The van der Waals surface area contributed by atoms with E-state index in [1.165, 1.54) is 0 Å². The molecule has 1 aromatic carbocycles. The van der Waals surface area contributed by atoms with Crippen LogP contribution in [0, 0.1) is 0 Å². The molecular weight excluding hydrogens is 268 g/mol. The van der Waals surface area contributed by atoms with Gasteiger partial charge in [-0.2, -0.15) is 0 Å².